The Morgan fingerprint density at radius 2 is 1.93 bits per heavy atom. The van der Waals surface area contributed by atoms with Gasteiger partial charge in [-0.2, -0.15) is 0 Å². The minimum Gasteiger partial charge on any atom is -0.311 e. The Morgan fingerprint density at radius 1 is 1.13 bits per heavy atom. The minimum absolute atomic E-state index is 0.736. The van der Waals surface area contributed by atoms with Crippen LogP contribution in [0.15, 0.2) is 0 Å². The molecule has 3 heteroatoms. The molecule has 0 aliphatic carbocycles. The maximum atomic E-state index is 3.65. The van der Waals surface area contributed by atoms with Crippen molar-refractivity contribution in [2.24, 2.45) is 5.92 Å². The Balaban J connectivity index is 1.75. The van der Waals surface area contributed by atoms with Crippen molar-refractivity contribution in [1.29, 1.82) is 0 Å². The lowest BCUT2D eigenvalue weighted by Gasteiger charge is -2.36. The van der Waals surface area contributed by atoms with E-state index in [1.54, 1.807) is 0 Å². The van der Waals surface area contributed by atoms with Crippen molar-refractivity contribution >= 4 is 0 Å². The molecule has 2 rings (SSSR count). The van der Waals surface area contributed by atoms with Crippen molar-refractivity contribution in [3.63, 3.8) is 0 Å². The topological polar surface area (TPSA) is 18.5 Å². The Hall–Kier alpha value is -0.120. The van der Waals surface area contributed by atoms with Crippen LogP contribution in [0.2, 0.25) is 0 Å². The molecule has 2 atom stereocenters. The molecule has 15 heavy (non-hydrogen) atoms. The van der Waals surface area contributed by atoms with Gasteiger partial charge in [0.2, 0.25) is 0 Å². The number of hydrogen-bond donors (Lipinski definition) is 1. The van der Waals surface area contributed by atoms with E-state index in [0.29, 0.717) is 0 Å². The molecule has 0 aromatic rings. The van der Waals surface area contributed by atoms with Crippen molar-refractivity contribution in [3.8, 4) is 0 Å². The zero-order chi connectivity index (χ0) is 10.7. The summed E-state index contributed by atoms with van der Waals surface area (Å²) in [6, 6.07) is 0.736. The Morgan fingerprint density at radius 3 is 2.67 bits per heavy atom. The molecule has 2 aliphatic rings. The lowest BCUT2D eigenvalue weighted by molar-refractivity contribution is 0.163. The van der Waals surface area contributed by atoms with E-state index in [-0.39, 0.29) is 0 Å². The summed E-state index contributed by atoms with van der Waals surface area (Å²) >= 11 is 0. The standard InChI is InChI=1S/C12H25N3/c1-14-6-3-4-11(9-14)8-12-10-15(2)7-5-13-12/h11-13H,3-10H2,1-2H3. The number of nitrogens with one attached hydrogen (secondary N) is 1. The molecule has 3 nitrogen and oxygen atoms in total. The van der Waals surface area contributed by atoms with E-state index >= 15 is 0 Å². The summed E-state index contributed by atoms with van der Waals surface area (Å²) in [5.74, 6) is 0.924. The third-order valence-corrected chi connectivity index (χ3v) is 3.80. The van der Waals surface area contributed by atoms with Gasteiger partial charge in [-0.25, -0.2) is 0 Å². The van der Waals surface area contributed by atoms with E-state index in [0.717, 1.165) is 12.0 Å². The van der Waals surface area contributed by atoms with Gasteiger partial charge in [0.05, 0.1) is 0 Å². The van der Waals surface area contributed by atoms with Crippen LogP contribution in [0.5, 0.6) is 0 Å². The number of piperidine rings is 1. The average Bonchev–Trinajstić information content (AvgIpc) is 2.17. The van der Waals surface area contributed by atoms with Crippen LogP contribution in [-0.2, 0) is 0 Å². The average molecular weight is 211 g/mol. The molecule has 2 fully saturated rings. The molecule has 0 aromatic heterocycles. The van der Waals surface area contributed by atoms with Crippen LogP contribution in [0.25, 0.3) is 0 Å². The molecule has 88 valence electrons. The molecule has 0 aromatic carbocycles. The van der Waals surface area contributed by atoms with E-state index in [9.17, 15) is 0 Å². The molecule has 0 spiro atoms. The van der Waals surface area contributed by atoms with Crippen molar-refractivity contribution in [2.45, 2.75) is 25.3 Å². The normalized spacial score (nSPS) is 35.6. The lowest BCUT2D eigenvalue weighted by Crippen LogP contribution is -2.50. The van der Waals surface area contributed by atoms with Gasteiger partial charge in [-0.1, -0.05) is 0 Å². The third-order valence-electron chi connectivity index (χ3n) is 3.80. The molecule has 2 unspecified atom stereocenters. The Bertz CT molecular complexity index is 175. The van der Waals surface area contributed by atoms with Crippen LogP contribution in [0.4, 0.5) is 0 Å². The Labute approximate surface area is 93.8 Å². The second-order valence-corrected chi connectivity index (χ2v) is 5.42. The summed E-state index contributed by atoms with van der Waals surface area (Å²) in [5.41, 5.74) is 0. The first-order valence-electron chi connectivity index (χ1n) is 6.34. The van der Waals surface area contributed by atoms with Crippen LogP contribution < -0.4 is 5.32 Å². The molecule has 0 radical (unpaired) electrons. The molecule has 0 saturated carbocycles. The molecule has 2 saturated heterocycles. The van der Waals surface area contributed by atoms with Gasteiger partial charge in [0.25, 0.3) is 0 Å². The molecular formula is C12H25N3. The number of hydrogen-bond acceptors (Lipinski definition) is 3. The van der Waals surface area contributed by atoms with E-state index in [1.165, 1.54) is 52.0 Å². The van der Waals surface area contributed by atoms with Crippen LogP contribution in [0.1, 0.15) is 19.3 Å². The van der Waals surface area contributed by atoms with Gasteiger partial charge < -0.3 is 15.1 Å². The van der Waals surface area contributed by atoms with Gasteiger partial charge in [-0.05, 0) is 45.8 Å². The predicted octanol–water partition coefficient (Wildman–Crippen LogP) is 0.622. The second-order valence-electron chi connectivity index (χ2n) is 5.42. The number of likely N-dealkylation sites (N-methyl/N-ethyl adjacent to an activating group) is 1. The molecular weight excluding hydrogens is 186 g/mol. The zero-order valence-electron chi connectivity index (χ0n) is 10.2. The third kappa shape index (κ3) is 3.44. The van der Waals surface area contributed by atoms with Crippen LogP contribution >= 0.6 is 0 Å². The highest BCUT2D eigenvalue weighted by Crippen LogP contribution is 2.20. The number of likely N-dealkylation sites (tertiary alicyclic amines) is 1. The van der Waals surface area contributed by atoms with Gasteiger partial charge in [0.1, 0.15) is 0 Å². The molecule has 1 N–H and O–H groups in total. The van der Waals surface area contributed by atoms with E-state index < -0.39 is 0 Å². The number of piperazine rings is 1. The van der Waals surface area contributed by atoms with Gasteiger partial charge in [0, 0.05) is 32.2 Å². The summed E-state index contributed by atoms with van der Waals surface area (Å²) in [6.45, 7) is 6.22. The zero-order valence-corrected chi connectivity index (χ0v) is 10.2. The van der Waals surface area contributed by atoms with Gasteiger partial charge in [-0.3, -0.25) is 0 Å². The second kappa shape index (κ2) is 5.28. The van der Waals surface area contributed by atoms with Crippen LogP contribution in [-0.4, -0.2) is 62.7 Å². The monoisotopic (exact) mass is 211 g/mol. The first-order valence-corrected chi connectivity index (χ1v) is 6.34. The molecule has 0 amide bonds. The summed E-state index contributed by atoms with van der Waals surface area (Å²) in [7, 11) is 4.49. The van der Waals surface area contributed by atoms with Crippen molar-refractivity contribution in [1.82, 2.24) is 15.1 Å². The molecule has 2 heterocycles. The highest BCUT2D eigenvalue weighted by atomic mass is 15.2. The maximum Gasteiger partial charge on any atom is 0.0198 e. The summed E-state index contributed by atoms with van der Waals surface area (Å²) < 4.78 is 0. The predicted molar refractivity (Wildman–Crippen MR) is 64.1 cm³/mol. The minimum atomic E-state index is 0.736. The first kappa shape index (κ1) is 11.4. The van der Waals surface area contributed by atoms with Gasteiger partial charge in [-0.15, -0.1) is 0 Å². The van der Waals surface area contributed by atoms with Crippen molar-refractivity contribution < 1.29 is 0 Å². The fourth-order valence-corrected chi connectivity index (χ4v) is 3.02. The fraction of sp³-hybridized carbons (Fsp3) is 1.00. The largest absolute Gasteiger partial charge is 0.311 e. The van der Waals surface area contributed by atoms with Crippen molar-refractivity contribution in [3.05, 3.63) is 0 Å². The summed E-state index contributed by atoms with van der Waals surface area (Å²) in [6.07, 6.45) is 4.20. The van der Waals surface area contributed by atoms with E-state index in [1.807, 2.05) is 0 Å². The first-order chi connectivity index (χ1) is 7.24. The van der Waals surface area contributed by atoms with Crippen LogP contribution in [0, 0.1) is 5.92 Å². The summed E-state index contributed by atoms with van der Waals surface area (Å²) in [4.78, 5) is 4.94. The van der Waals surface area contributed by atoms with E-state index in [4.69, 9.17) is 0 Å². The maximum absolute atomic E-state index is 3.65. The highest BCUT2D eigenvalue weighted by Gasteiger charge is 2.23. The Kier molecular flexibility index (Phi) is 4.00. The summed E-state index contributed by atoms with van der Waals surface area (Å²) in [5, 5.41) is 3.65. The quantitative estimate of drug-likeness (QED) is 0.722. The number of rotatable bonds is 2. The SMILES string of the molecule is CN1CCCC(CC2CN(C)CCN2)C1. The van der Waals surface area contributed by atoms with Gasteiger partial charge in [0.15, 0.2) is 0 Å². The molecule has 0 bridgehead atoms. The van der Waals surface area contributed by atoms with Crippen LogP contribution in [0.3, 0.4) is 0 Å². The van der Waals surface area contributed by atoms with Crippen molar-refractivity contribution in [2.75, 3.05) is 46.8 Å². The van der Waals surface area contributed by atoms with Gasteiger partial charge >= 0.3 is 0 Å². The fourth-order valence-electron chi connectivity index (χ4n) is 3.02. The highest BCUT2D eigenvalue weighted by molar-refractivity contribution is 4.81. The lowest BCUT2D eigenvalue weighted by atomic mass is 9.91. The number of nitrogens with zero attached hydrogens (tertiary/aromatic N) is 2. The van der Waals surface area contributed by atoms with E-state index in [2.05, 4.69) is 29.2 Å². The smallest absolute Gasteiger partial charge is 0.0198 e. The molecule has 2 aliphatic heterocycles.